The van der Waals surface area contributed by atoms with Crippen molar-refractivity contribution in [3.8, 4) is 0 Å². The number of aromatic amines is 1. The quantitative estimate of drug-likeness (QED) is 0.700. The van der Waals surface area contributed by atoms with Gasteiger partial charge >= 0.3 is 0 Å². The number of amides is 1. The molecule has 1 atom stereocenters. The van der Waals surface area contributed by atoms with E-state index in [1.165, 1.54) is 0 Å². The Labute approximate surface area is 112 Å². The molecule has 3 N–H and O–H groups in total. The highest BCUT2D eigenvalue weighted by Gasteiger charge is 2.16. The van der Waals surface area contributed by atoms with Crippen molar-refractivity contribution in [1.29, 1.82) is 0 Å². The lowest BCUT2D eigenvalue weighted by Gasteiger charge is -2.14. The summed E-state index contributed by atoms with van der Waals surface area (Å²) < 4.78 is 0. The van der Waals surface area contributed by atoms with Gasteiger partial charge in [-0.1, -0.05) is 13.8 Å². The summed E-state index contributed by atoms with van der Waals surface area (Å²) >= 11 is 1.69. The van der Waals surface area contributed by atoms with Gasteiger partial charge in [0.25, 0.3) is 5.91 Å². The number of aliphatic hydroxyl groups is 1. The van der Waals surface area contributed by atoms with E-state index in [2.05, 4.69) is 15.5 Å². The number of carbonyl (C=O) groups excluding carboxylic acids is 1. The lowest BCUT2D eigenvalue weighted by Crippen LogP contribution is -2.38. The van der Waals surface area contributed by atoms with Crippen LogP contribution in [0, 0.1) is 0 Å². The zero-order valence-electron chi connectivity index (χ0n) is 11.1. The van der Waals surface area contributed by atoms with Gasteiger partial charge in [-0.2, -0.15) is 16.9 Å². The highest BCUT2D eigenvalue weighted by atomic mass is 32.2. The van der Waals surface area contributed by atoms with Gasteiger partial charge in [0.15, 0.2) is 0 Å². The molecule has 1 amide bonds. The van der Waals surface area contributed by atoms with Crippen LogP contribution in [0.5, 0.6) is 0 Å². The van der Waals surface area contributed by atoms with Crippen molar-refractivity contribution >= 4 is 17.7 Å². The predicted octanol–water partition coefficient (Wildman–Crippen LogP) is 1.38. The zero-order chi connectivity index (χ0) is 13.5. The minimum absolute atomic E-state index is 0.0479. The molecule has 0 saturated carbocycles. The van der Waals surface area contributed by atoms with Crippen molar-refractivity contribution in [2.75, 3.05) is 18.6 Å². The van der Waals surface area contributed by atoms with E-state index >= 15 is 0 Å². The number of aliphatic hydroxyl groups excluding tert-OH is 1. The summed E-state index contributed by atoms with van der Waals surface area (Å²) in [5.41, 5.74) is 1.31. The van der Waals surface area contributed by atoms with Gasteiger partial charge in [0.05, 0.1) is 12.6 Å². The van der Waals surface area contributed by atoms with Crippen LogP contribution in [-0.4, -0.2) is 45.9 Å². The first-order chi connectivity index (χ1) is 8.58. The number of rotatable bonds is 7. The average molecular weight is 271 g/mol. The first-order valence-corrected chi connectivity index (χ1v) is 7.43. The Morgan fingerprint density at radius 1 is 1.61 bits per heavy atom. The van der Waals surface area contributed by atoms with Crippen LogP contribution in [-0.2, 0) is 0 Å². The minimum Gasteiger partial charge on any atom is -0.394 e. The number of thioether (sulfide) groups is 1. The molecular formula is C12H21N3O2S. The molecule has 0 fully saturated rings. The van der Waals surface area contributed by atoms with E-state index in [1.807, 2.05) is 20.1 Å². The highest BCUT2D eigenvalue weighted by molar-refractivity contribution is 7.98. The van der Waals surface area contributed by atoms with E-state index in [9.17, 15) is 9.90 Å². The third kappa shape index (κ3) is 4.34. The highest BCUT2D eigenvalue weighted by Crippen LogP contribution is 2.12. The number of nitrogens with zero attached hydrogens (tertiary/aromatic N) is 1. The molecule has 1 aromatic heterocycles. The number of aromatic nitrogens is 2. The van der Waals surface area contributed by atoms with Gasteiger partial charge in [-0.25, -0.2) is 0 Å². The fraction of sp³-hybridized carbons (Fsp3) is 0.667. The van der Waals surface area contributed by atoms with E-state index in [0.717, 1.165) is 17.9 Å². The fourth-order valence-corrected chi connectivity index (χ4v) is 2.00. The Hall–Kier alpha value is -1.01. The molecule has 0 aliphatic heterocycles. The van der Waals surface area contributed by atoms with Crippen molar-refractivity contribution < 1.29 is 9.90 Å². The molecule has 0 saturated heterocycles. The van der Waals surface area contributed by atoms with Gasteiger partial charge in [-0.05, 0) is 30.4 Å². The lowest BCUT2D eigenvalue weighted by molar-refractivity contribution is 0.0910. The molecule has 1 rings (SSSR count). The van der Waals surface area contributed by atoms with Gasteiger partial charge in [-0.3, -0.25) is 9.89 Å². The summed E-state index contributed by atoms with van der Waals surface area (Å²) in [6.45, 7) is 4.02. The summed E-state index contributed by atoms with van der Waals surface area (Å²) in [4.78, 5) is 11.9. The molecule has 5 nitrogen and oxygen atoms in total. The Morgan fingerprint density at radius 2 is 2.33 bits per heavy atom. The summed E-state index contributed by atoms with van der Waals surface area (Å²) in [7, 11) is 0. The van der Waals surface area contributed by atoms with Crippen LogP contribution >= 0.6 is 11.8 Å². The minimum atomic E-state index is -0.238. The fourth-order valence-electron chi connectivity index (χ4n) is 1.48. The molecule has 1 heterocycles. The number of carbonyl (C=O) groups is 1. The Balaban J connectivity index is 2.57. The van der Waals surface area contributed by atoms with Crippen molar-refractivity contribution in [1.82, 2.24) is 15.5 Å². The largest absolute Gasteiger partial charge is 0.394 e. The van der Waals surface area contributed by atoms with Crippen molar-refractivity contribution in [2.24, 2.45) is 0 Å². The van der Waals surface area contributed by atoms with Gasteiger partial charge < -0.3 is 10.4 Å². The van der Waals surface area contributed by atoms with Crippen molar-refractivity contribution in [3.63, 3.8) is 0 Å². The third-order valence-corrected chi connectivity index (χ3v) is 3.32. The summed E-state index contributed by atoms with van der Waals surface area (Å²) in [6, 6.07) is 1.55. The first kappa shape index (κ1) is 15.0. The number of H-pyrrole nitrogens is 1. The van der Waals surface area contributed by atoms with Crippen LogP contribution in [0.2, 0.25) is 0 Å². The van der Waals surface area contributed by atoms with Crippen LogP contribution in [0.3, 0.4) is 0 Å². The molecule has 102 valence electrons. The molecule has 6 heteroatoms. The van der Waals surface area contributed by atoms with Gasteiger partial charge in [0.1, 0.15) is 5.69 Å². The maximum Gasteiger partial charge on any atom is 0.272 e. The van der Waals surface area contributed by atoms with Crippen LogP contribution in [0.1, 0.15) is 42.4 Å². The van der Waals surface area contributed by atoms with E-state index < -0.39 is 0 Å². The Bertz CT molecular complexity index is 379. The van der Waals surface area contributed by atoms with E-state index in [1.54, 1.807) is 17.8 Å². The third-order valence-electron chi connectivity index (χ3n) is 2.68. The van der Waals surface area contributed by atoms with Gasteiger partial charge in [0, 0.05) is 5.69 Å². The Morgan fingerprint density at radius 3 is 2.83 bits per heavy atom. The molecule has 18 heavy (non-hydrogen) atoms. The second-order valence-electron chi connectivity index (χ2n) is 4.50. The molecular weight excluding hydrogens is 250 g/mol. The Kier molecular flexibility index (Phi) is 6.21. The first-order valence-electron chi connectivity index (χ1n) is 6.04. The van der Waals surface area contributed by atoms with Gasteiger partial charge in [0.2, 0.25) is 0 Å². The van der Waals surface area contributed by atoms with Gasteiger partial charge in [-0.15, -0.1) is 0 Å². The zero-order valence-corrected chi connectivity index (χ0v) is 11.9. The number of hydrogen-bond acceptors (Lipinski definition) is 4. The van der Waals surface area contributed by atoms with Crippen LogP contribution in [0.15, 0.2) is 6.07 Å². The maximum absolute atomic E-state index is 11.9. The van der Waals surface area contributed by atoms with Crippen molar-refractivity contribution in [3.05, 3.63) is 17.5 Å². The summed E-state index contributed by atoms with van der Waals surface area (Å²) in [5, 5.41) is 18.8. The second kappa shape index (κ2) is 7.43. The van der Waals surface area contributed by atoms with Crippen LogP contribution < -0.4 is 5.32 Å². The summed E-state index contributed by atoms with van der Waals surface area (Å²) in [5.74, 6) is 0.978. The molecule has 0 aliphatic carbocycles. The smallest absolute Gasteiger partial charge is 0.272 e. The molecule has 0 radical (unpaired) electrons. The standard InChI is InChI=1S/C12H21N3O2S/c1-8(2)10-6-11(15-14-10)12(17)13-9(7-16)4-5-18-3/h6,8-9,16H,4-5,7H2,1-3H3,(H,13,17)(H,14,15). The topological polar surface area (TPSA) is 78.0 Å². The lowest BCUT2D eigenvalue weighted by atomic mass is 10.1. The van der Waals surface area contributed by atoms with Crippen LogP contribution in [0.25, 0.3) is 0 Å². The monoisotopic (exact) mass is 271 g/mol. The molecule has 0 aromatic carbocycles. The van der Waals surface area contributed by atoms with Crippen molar-refractivity contribution in [2.45, 2.75) is 32.2 Å². The van der Waals surface area contributed by atoms with E-state index in [0.29, 0.717) is 11.6 Å². The molecule has 0 aliphatic rings. The second-order valence-corrected chi connectivity index (χ2v) is 5.48. The summed E-state index contributed by atoms with van der Waals surface area (Å²) in [6.07, 6.45) is 2.75. The molecule has 0 spiro atoms. The molecule has 0 bridgehead atoms. The normalized spacial score (nSPS) is 12.7. The molecule has 1 aromatic rings. The maximum atomic E-state index is 11.9. The average Bonchev–Trinajstić information content (AvgIpc) is 2.83. The molecule has 1 unspecified atom stereocenters. The van der Waals surface area contributed by atoms with Crippen LogP contribution in [0.4, 0.5) is 0 Å². The number of nitrogens with one attached hydrogen (secondary N) is 2. The SMILES string of the molecule is CSCCC(CO)NC(=O)c1cc(C(C)C)[nH]n1. The van der Waals surface area contributed by atoms with E-state index in [4.69, 9.17) is 0 Å². The number of hydrogen-bond donors (Lipinski definition) is 3. The van der Waals surface area contributed by atoms with E-state index in [-0.39, 0.29) is 18.6 Å². The predicted molar refractivity (Wildman–Crippen MR) is 74.0 cm³/mol.